The van der Waals surface area contributed by atoms with Crippen LogP contribution in [0.2, 0.25) is 0 Å². The third-order valence-electron chi connectivity index (χ3n) is 4.36. The van der Waals surface area contributed by atoms with Crippen molar-refractivity contribution in [1.29, 1.82) is 0 Å². The lowest BCUT2D eigenvalue weighted by Gasteiger charge is -2.20. The van der Waals surface area contributed by atoms with E-state index >= 15 is 0 Å². The summed E-state index contributed by atoms with van der Waals surface area (Å²) >= 11 is 1.50. The molecule has 3 atom stereocenters. The number of fused-ring (bicyclic) bond motifs is 2. The quantitative estimate of drug-likeness (QED) is 0.870. The highest BCUT2D eigenvalue weighted by atomic mass is 35.5. The normalized spacial score (nSPS) is 24.6. The molecule has 0 aromatic carbocycles. The molecular formula is C16H19Cl2N3OS. The lowest BCUT2D eigenvalue weighted by Crippen LogP contribution is -2.42. The molecule has 0 aliphatic carbocycles. The second-order valence-corrected chi connectivity index (χ2v) is 6.83. The van der Waals surface area contributed by atoms with Crippen molar-refractivity contribution >= 4 is 42.1 Å². The largest absolute Gasteiger partial charge is 0.347 e. The zero-order valence-corrected chi connectivity index (χ0v) is 14.8. The molecule has 0 radical (unpaired) electrons. The minimum Gasteiger partial charge on any atom is -0.347 e. The van der Waals surface area contributed by atoms with Crippen LogP contribution in [0.15, 0.2) is 36.5 Å². The van der Waals surface area contributed by atoms with Crippen molar-refractivity contribution in [3.8, 4) is 10.6 Å². The van der Waals surface area contributed by atoms with Crippen molar-refractivity contribution in [1.82, 2.24) is 15.6 Å². The maximum Gasteiger partial charge on any atom is 0.261 e. The zero-order chi connectivity index (χ0) is 14.2. The van der Waals surface area contributed by atoms with Crippen LogP contribution in [0, 0.1) is 0 Å². The molecular weight excluding hydrogens is 353 g/mol. The second kappa shape index (κ2) is 7.62. The average molecular weight is 372 g/mol. The third-order valence-corrected chi connectivity index (χ3v) is 5.47. The number of hydrogen-bond acceptors (Lipinski definition) is 4. The lowest BCUT2D eigenvalue weighted by molar-refractivity contribution is 0.0935. The van der Waals surface area contributed by atoms with Gasteiger partial charge in [-0.3, -0.25) is 9.78 Å². The third kappa shape index (κ3) is 3.69. The van der Waals surface area contributed by atoms with E-state index in [9.17, 15) is 4.79 Å². The number of pyridine rings is 1. The molecule has 0 spiro atoms. The van der Waals surface area contributed by atoms with E-state index in [1.807, 2.05) is 30.3 Å². The Kier molecular flexibility index (Phi) is 6.03. The number of amides is 1. The maximum absolute atomic E-state index is 12.4. The fraction of sp³-hybridized carbons (Fsp3) is 0.375. The predicted octanol–water partition coefficient (Wildman–Crippen LogP) is 3.28. The maximum atomic E-state index is 12.4. The Balaban J connectivity index is 0.000000960. The number of nitrogens with zero attached hydrogens (tertiary/aromatic N) is 1. The average Bonchev–Trinajstić information content (AvgIpc) is 3.24. The van der Waals surface area contributed by atoms with Crippen LogP contribution < -0.4 is 10.6 Å². The van der Waals surface area contributed by atoms with E-state index < -0.39 is 0 Å². The molecule has 4 heterocycles. The number of halogens is 2. The van der Waals surface area contributed by atoms with Crippen molar-refractivity contribution < 1.29 is 4.79 Å². The summed E-state index contributed by atoms with van der Waals surface area (Å²) in [4.78, 5) is 18.5. The van der Waals surface area contributed by atoms with Crippen LogP contribution >= 0.6 is 36.2 Å². The van der Waals surface area contributed by atoms with Gasteiger partial charge in [0.15, 0.2) is 0 Å². The van der Waals surface area contributed by atoms with Gasteiger partial charge < -0.3 is 10.6 Å². The fourth-order valence-corrected chi connectivity index (χ4v) is 4.22. The molecule has 2 aromatic rings. The van der Waals surface area contributed by atoms with E-state index in [-0.39, 0.29) is 36.8 Å². The van der Waals surface area contributed by atoms with E-state index in [0.717, 1.165) is 21.9 Å². The summed E-state index contributed by atoms with van der Waals surface area (Å²) in [5.74, 6) is 0.0431. The van der Waals surface area contributed by atoms with E-state index in [0.29, 0.717) is 12.1 Å². The number of carbonyl (C=O) groups excluding carboxylic acids is 1. The molecule has 1 amide bonds. The second-order valence-electron chi connectivity index (χ2n) is 5.74. The van der Waals surface area contributed by atoms with Gasteiger partial charge in [0.05, 0.1) is 15.4 Å². The van der Waals surface area contributed by atoms with Crippen LogP contribution in [0.25, 0.3) is 10.6 Å². The summed E-state index contributed by atoms with van der Waals surface area (Å²) in [5, 5.41) is 6.72. The first-order valence-electron chi connectivity index (χ1n) is 7.38. The minimum absolute atomic E-state index is 0. The van der Waals surface area contributed by atoms with Gasteiger partial charge in [0.25, 0.3) is 5.91 Å². The Labute approximate surface area is 151 Å². The van der Waals surface area contributed by atoms with Gasteiger partial charge in [-0.1, -0.05) is 6.07 Å². The molecule has 4 rings (SSSR count). The number of nitrogens with one attached hydrogen (secondary N) is 2. The van der Waals surface area contributed by atoms with Gasteiger partial charge in [0.1, 0.15) is 0 Å². The molecule has 2 saturated heterocycles. The highest BCUT2D eigenvalue weighted by Crippen LogP contribution is 2.30. The highest BCUT2D eigenvalue weighted by Gasteiger charge is 2.39. The van der Waals surface area contributed by atoms with Crippen LogP contribution in [-0.4, -0.2) is 29.0 Å². The Morgan fingerprint density at radius 1 is 1.22 bits per heavy atom. The van der Waals surface area contributed by atoms with Crippen molar-refractivity contribution in [3.63, 3.8) is 0 Å². The number of hydrogen-bond donors (Lipinski definition) is 2. The summed E-state index contributed by atoms with van der Waals surface area (Å²) in [6.07, 6.45) is 5.27. The summed E-state index contributed by atoms with van der Waals surface area (Å²) in [6.45, 7) is 0. The zero-order valence-electron chi connectivity index (χ0n) is 12.4. The first-order valence-corrected chi connectivity index (χ1v) is 8.19. The number of rotatable bonds is 3. The van der Waals surface area contributed by atoms with Crippen LogP contribution in [0.1, 0.15) is 28.9 Å². The SMILES string of the molecule is Cl.Cl.O=C(N[C@@H]1C[C@H]2CC[C@@H]1N2)c1ccc(-c2ccccn2)s1. The Hall–Kier alpha value is -1.14. The Morgan fingerprint density at radius 3 is 2.74 bits per heavy atom. The van der Waals surface area contributed by atoms with E-state index in [1.54, 1.807) is 6.20 Å². The smallest absolute Gasteiger partial charge is 0.261 e. The summed E-state index contributed by atoms with van der Waals surface area (Å²) in [6, 6.07) is 11.0. The molecule has 23 heavy (non-hydrogen) atoms. The van der Waals surface area contributed by atoms with Crippen LogP contribution in [0.4, 0.5) is 0 Å². The standard InChI is InChI=1S/C16H17N3OS.2ClH/c20-16(19-13-9-10-4-5-11(13)18-10)15-7-6-14(21-15)12-3-1-2-8-17-12;;/h1-3,6-8,10-11,13,18H,4-5,9H2,(H,19,20);2*1H/t10-,11+,13-;;/m1../s1. The Morgan fingerprint density at radius 2 is 2.09 bits per heavy atom. The fourth-order valence-electron chi connectivity index (χ4n) is 3.33. The number of thiophene rings is 1. The molecule has 0 unspecified atom stereocenters. The number of aromatic nitrogens is 1. The Bertz CT molecular complexity index is 664. The first kappa shape index (κ1) is 18.2. The lowest BCUT2D eigenvalue weighted by atomic mass is 9.95. The van der Waals surface area contributed by atoms with Crippen molar-refractivity contribution in [3.05, 3.63) is 41.4 Å². The molecule has 2 bridgehead atoms. The van der Waals surface area contributed by atoms with E-state index in [4.69, 9.17) is 0 Å². The molecule has 0 saturated carbocycles. The van der Waals surface area contributed by atoms with Crippen LogP contribution in [0.5, 0.6) is 0 Å². The van der Waals surface area contributed by atoms with Gasteiger partial charge >= 0.3 is 0 Å². The topological polar surface area (TPSA) is 54.0 Å². The molecule has 2 aliphatic heterocycles. The predicted molar refractivity (Wildman–Crippen MR) is 97.9 cm³/mol. The summed E-state index contributed by atoms with van der Waals surface area (Å²) in [5.41, 5.74) is 0.920. The van der Waals surface area contributed by atoms with Gasteiger partial charge in [-0.25, -0.2) is 0 Å². The number of carbonyl (C=O) groups is 1. The highest BCUT2D eigenvalue weighted by molar-refractivity contribution is 7.17. The van der Waals surface area contributed by atoms with Gasteiger partial charge in [-0.15, -0.1) is 36.2 Å². The van der Waals surface area contributed by atoms with Gasteiger partial charge in [-0.2, -0.15) is 0 Å². The summed E-state index contributed by atoms with van der Waals surface area (Å²) in [7, 11) is 0. The minimum atomic E-state index is 0. The van der Waals surface area contributed by atoms with Gasteiger partial charge in [0.2, 0.25) is 0 Å². The van der Waals surface area contributed by atoms with Crippen molar-refractivity contribution in [2.75, 3.05) is 0 Å². The summed E-state index contributed by atoms with van der Waals surface area (Å²) < 4.78 is 0. The van der Waals surface area contributed by atoms with Crippen molar-refractivity contribution in [2.24, 2.45) is 0 Å². The molecule has 4 nitrogen and oxygen atoms in total. The van der Waals surface area contributed by atoms with Gasteiger partial charge in [-0.05, 0) is 43.5 Å². The molecule has 2 N–H and O–H groups in total. The molecule has 124 valence electrons. The molecule has 2 aromatic heterocycles. The van der Waals surface area contributed by atoms with Crippen LogP contribution in [0.3, 0.4) is 0 Å². The van der Waals surface area contributed by atoms with Crippen molar-refractivity contribution in [2.45, 2.75) is 37.4 Å². The van der Waals surface area contributed by atoms with E-state index in [2.05, 4.69) is 15.6 Å². The molecule has 7 heteroatoms. The first-order chi connectivity index (χ1) is 10.3. The molecule has 2 fully saturated rings. The van der Waals surface area contributed by atoms with E-state index in [1.165, 1.54) is 24.2 Å². The molecule has 2 aliphatic rings. The monoisotopic (exact) mass is 371 g/mol. The van der Waals surface area contributed by atoms with Crippen LogP contribution in [-0.2, 0) is 0 Å². The van der Waals surface area contributed by atoms with Gasteiger partial charge in [0, 0.05) is 24.3 Å².